The molecular weight excluding hydrogens is 81.5 g/mol. The molecule has 0 bridgehead atoms. The second kappa shape index (κ2) is 18.5. The molecule has 0 saturated carbocycles. The summed E-state index contributed by atoms with van der Waals surface area (Å²) in [7, 11) is 0. The molecule has 3 nitrogen and oxygen atoms in total. The summed E-state index contributed by atoms with van der Waals surface area (Å²) in [5, 5.41) is 1.00. The Bertz CT molecular complexity index is 27.0. The summed E-state index contributed by atoms with van der Waals surface area (Å²) in [5.74, 6) is 0. The molecule has 0 radical (unpaired) electrons. The molecule has 0 aliphatic carbocycles. The van der Waals surface area contributed by atoms with E-state index >= 15 is 0 Å². The van der Waals surface area contributed by atoms with Gasteiger partial charge in [0.15, 0.2) is 0 Å². The monoisotopic (exact) mass is 82.0 g/mol. The summed E-state index contributed by atoms with van der Waals surface area (Å²) in [6.07, 6.45) is 0. The number of rotatable bonds is 0. The molecule has 4 heteroatoms. The second-order valence-electron chi connectivity index (χ2n) is 0.0745. The Morgan fingerprint density at radius 2 is 1.25 bits per heavy atom. The smallest absolute Gasteiger partial charge is 0.147 e. The topological polar surface area (TPSA) is 48.2 Å². The maximum Gasteiger partial charge on any atom is 0.569 e. The van der Waals surface area contributed by atoms with E-state index in [0.29, 0.717) is 0 Å². The number of nitrogens with zero attached hydrogens (tertiary/aromatic N) is 1. The molecule has 0 N–H and O–H groups in total. The zero-order chi connectivity index (χ0) is 2.71. The highest BCUT2D eigenvalue weighted by atomic mass is 35.5. The molecule has 0 aliphatic rings. The SMILES string of the molecule is Cl.O=[N+]=O. The third kappa shape index (κ3) is 3.60. The molecule has 0 saturated heterocycles. The summed E-state index contributed by atoms with van der Waals surface area (Å²) >= 11 is 0. The lowest BCUT2D eigenvalue weighted by molar-refractivity contribution is 1.58. The van der Waals surface area contributed by atoms with Crippen molar-refractivity contribution >= 4 is 12.4 Å². The van der Waals surface area contributed by atoms with Gasteiger partial charge in [0.05, 0.1) is 0 Å². The molecule has 0 aromatic heterocycles. The first-order chi connectivity index (χ1) is 1.41. The second-order valence-corrected chi connectivity index (χ2v) is 0.0745. The van der Waals surface area contributed by atoms with Crippen LogP contribution < -0.4 is 5.04 Å². The van der Waals surface area contributed by atoms with Gasteiger partial charge in [0.1, 0.15) is 0 Å². The number of hydrogen-bond acceptors (Lipinski definition) is 2. The molecule has 0 atom stereocenters. The van der Waals surface area contributed by atoms with E-state index in [4.69, 9.17) is 9.81 Å². The van der Waals surface area contributed by atoms with Crippen LogP contribution in [0, 0.1) is 9.81 Å². The van der Waals surface area contributed by atoms with Crippen LogP contribution in [0.3, 0.4) is 0 Å². The molecule has 0 aliphatic heterocycles. The van der Waals surface area contributed by atoms with Crippen LogP contribution in [0.25, 0.3) is 0 Å². The van der Waals surface area contributed by atoms with Crippen molar-refractivity contribution in [2.45, 2.75) is 0 Å². The summed E-state index contributed by atoms with van der Waals surface area (Å²) in [6.45, 7) is 0. The first-order valence-electron chi connectivity index (χ1n) is 0.365. The van der Waals surface area contributed by atoms with Crippen LogP contribution in [0.5, 0.6) is 0 Å². The maximum absolute atomic E-state index is 8.00. The maximum atomic E-state index is 8.00. The number of halogens is 1. The largest absolute Gasteiger partial charge is 0.569 e. The fraction of sp³-hybridized carbons (Fsp3) is 0. The Balaban J connectivity index is 0. The van der Waals surface area contributed by atoms with Crippen molar-refractivity contribution in [2.24, 2.45) is 0 Å². The molecule has 0 unspecified atom stereocenters. The van der Waals surface area contributed by atoms with E-state index in [1.807, 2.05) is 0 Å². The average molecular weight is 82.5 g/mol. The lowest BCUT2D eigenvalue weighted by Crippen LogP contribution is -1.26. The quantitative estimate of drug-likeness (QED) is 0.387. The zero-order valence-electron chi connectivity index (χ0n) is 1.67. The predicted octanol–water partition coefficient (Wildman–Crippen LogP) is 0.00820. The van der Waals surface area contributed by atoms with E-state index in [2.05, 4.69) is 0 Å². The molecule has 0 spiro atoms. The Kier molecular flexibility index (Phi) is 43.9. The lowest BCUT2D eigenvalue weighted by atomic mass is 13.6. The Morgan fingerprint density at radius 3 is 1.25 bits per heavy atom. The Morgan fingerprint density at radius 1 is 1.25 bits per heavy atom. The van der Waals surface area contributed by atoms with Gasteiger partial charge in [0.25, 0.3) is 0 Å². The zero-order valence-corrected chi connectivity index (χ0v) is 2.49. The van der Waals surface area contributed by atoms with Gasteiger partial charge < -0.3 is 0 Å². The van der Waals surface area contributed by atoms with Crippen LogP contribution in [0.1, 0.15) is 0 Å². The summed E-state index contributed by atoms with van der Waals surface area (Å²) in [4.78, 5) is 16.0. The lowest BCUT2D eigenvalue weighted by Gasteiger charge is -0.623. The molecular formula is HClNO2+. The minimum atomic E-state index is 0. The van der Waals surface area contributed by atoms with Crippen molar-refractivity contribution in [1.82, 2.24) is 5.04 Å². The Labute approximate surface area is 28.4 Å². The number of nitroso groups, excluding NO2 is 2. The fourth-order valence-corrected chi connectivity index (χ4v) is 0. The summed E-state index contributed by atoms with van der Waals surface area (Å²) in [6, 6.07) is 0. The normalized spacial score (nSPS) is 2.00. The van der Waals surface area contributed by atoms with Crippen LogP contribution in [-0.4, -0.2) is 0 Å². The molecule has 0 fully saturated rings. The molecule has 0 aromatic rings. The van der Waals surface area contributed by atoms with E-state index in [-0.39, 0.29) is 12.4 Å². The van der Waals surface area contributed by atoms with Gasteiger partial charge in [-0.15, -0.1) is 12.4 Å². The highest BCUT2D eigenvalue weighted by Gasteiger charge is 1.41. The van der Waals surface area contributed by atoms with Crippen LogP contribution in [0.2, 0.25) is 0 Å². The standard InChI is InChI=1S/ClH.NO2/c;2-1-3/h1H;/q;+1. The molecule has 24 valence electrons. The van der Waals surface area contributed by atoms with Crippen LogP contribution in [-0.2, 0) is 0 Å². The van der Waals surface area contributed by atoms with Crippen molar-refractivity contribution in [1.29, 1.82) is 0 Å². The van der Waals surface area contributed by atoms with Gasteiger partial charge in [0, 0.05) is 0 Å². The molecule has 0 heterocycles. The molecule has 0 aromatic carbocycles. The first kappa shape index (κ1) is 9.51. The Hall–Kier alpha value is -0.400. The fourth-order valence-electron chi connectivity index (χ4n) is 0. The number of hydrogen-bond donors (Lipinski definition) is 0. The predicted molar refractivity (Wildman–Crippen MR) is 16.1 cm³/mol. The van der Waals surface area contributed by atoms with E-state index in [0.717, 1.165) is 5.04 Å². The minimum absolute atomic E-state index is 0. The van der Waals surface area contributed by atoms with Crippen molar-refractivity contribution < 1.29 is 0 Å². The van der Waals surface area contributed by atoms with Gasteiger partial charge in [-0.05, 0) is 0 Å². The van der Waals surface area contributed by atoms with E-state index < -0.39 is 0 Å². The van der Waals surface area contributed by atoms with Gasteiger partial charge in [-0.2, -0.15) is 0 Å². The molecule has 4 heavy (non-hydrogen) atoms. The van der Waals surface area contributed by atoms with Gasteiger partial charge in [0.2, 0.25) is 9.81 Å². The highest BCUT2D eigenvalue weighted by molar-refractivity contribution is 5.85. The third-order valence-electron chi connectivity index (χ3n) is 0. The van der Waals surface area contributed by atoms with Gasteiger partial charge >= 0.3 is 5.04 Å². The van der Waals surface area contributed by atoms with Crippen LogP contribution in [0.15, 0.2) is 0 Å². The average Bonchev–Trinajstić information content (AvgIpc) is 0.918. The third-order valence-corrected chi connectivity index (χ3v) is 0. The summed E-state index contributed by atoms with van der Waals surface area (Å²) < 4.78 is 0. The van der Waals surface area contributed by atoms with E-state index in [9.17, 15) is 0 Å². The first-order valence-corrected chi connectivity index (χ1v) is 0.365. The molecule has 0 amide bonds. The van der Waals surface area contributed by atoms with Crippen LogP contribution in [0.4, 0.5) is 0 Å². The summed E-state index contributed by atoms with van der Waals surface area (Å²) in [5.41, 5.74) is 0. The molecule has 0 rings (SSSR count). The van der Waals surface area contributed by atoms with Crippen LogP contribution >= 0.6 is 12.4 Å². The van der Waals surface area contributed by atoms with Crippen molar-refractivity contribution in [3.8, 4) is 0 Å². The van der Waals surface area contributed by atoms with Crippen molar-refractivity contribution in [2.75, 3.05) is 0 Å². The van der Waals surface area contributed by atoms with Gasteiger partial charge in [-0.3, -0.25) is 0 Å². The van der Waals surface area contributed by atoms with Crippen molar-refractivity contribution in [3.63, 3.8) is 0 Å². The van der Waals surface area contributed by atoms with E-state index in [1.54, 1.807) is 0 Å². The van der Waals surface area contributed by atoms with Gasteiger partial charge in [-0.25, -0.2) is 0 Å². The van der Waals surface area contributed by atoms with Crippen molar-refractivity contribution in [3.05, 3.63) is 9.81 Å². The minimum Gasteiger partial charge on any atom is -0.147 e. The van der Waals surface area contributed by atoms with E-state index in [1.165, 1.54) is 0 Å². The van der Waals surface area contributed by atoms with Gasteiger partial charge in [-0.1, -0.05) is 0 Å². The highest BCUT2D eigenvalue weighted by Crippen LogP contribution is 0.810.